The van der Waals surface area contributed by atoms with Gasteiger partial charge >= 0.3 is 0 Å². The summed E-state index contributed by atoms with van der Waals surface area (Å²) in [5, 5.41) is 0. The zero-order chi connectivity index (χ0) is 11.0. The number of ketones is 1. The van der Waals surface area contributed by atoms with Gasteiger partial charge in [0.2, 0.25) is 0 Å². The molecule has 0 aromatic carbocycles. The Labute approximate surface area is 88.7 Å². The zero-order valence-electron chi connectivity index (χ0n) is 10.2. The van der Waals surface area contributed by atoms with Gasteiger partial charge in [0, 0.05) is 0 Å². The number of carbonyl (C=O) groups is 1. The van der Waals surface area contributed by atoms with E-state index < -0.39 is 0 Å². The van der Waals surface area contributed by atoms with Crippen molar-refractivity contribution >= 4 is 5.78 Å². The normalized spacial score (nSPS) is 23.3. The average molecular weight is 199 g/mol. The SMILES string of the molecule is CC.CC(=O)CN1CCCC(C)CC1. The number of rotatable bonds is 2. The number of Topliss-reactive ketones (excluding diaryl/α,β-unsaturated/α-hetero) is 1. The van der Waals surface area contributed by atoms with Crippen LogP contribution in [0.4, 0.5) is 0 Å². The van der Waals surface area contributed by atoms with E-state index in [0.29, 0.717) is 12.3 Å². The Kier molecular flexibility index (Phi) is 7.77. The van der Waals surface area contributed by atoms with Crippen molar-refractivity contribution in [2.24, 2.45) is 5.92 Å². The van der Waals surface area contributed by atoms with E-state index in [0.717, 1.165) is 19.0 Å². The third kappa shape index (κ3) is 6.14. The molecular weight excluding hydrogens is 174 g/mol. The van der Waals surface area contributed by atoms with Crippen molar-refractivity contribution in [3.8, 4) is 0 Å². The van der Waals surface area contributed by atoms with Crippen LogP contribution in [0.1, 0.15) is 47.0 Å². The van der Waals surface area contributed by atoms with Gasteiger partial charge in [-0.05, 0) is 45.2 Å². The first-order valence-corrected chi connectivity index (χ1v) is 5.90. The fourth-order valence-electron chi connectivity index (χ4n) is 1.80. The highest BCUT2D eigenvalue weighted by Crippen LogP contribution is 2.15. The second kappa shape index (κ2) is 7.98. The first-order chi connectivity index (χ1) is 6.68. The number of carbonyl (C=O) groups excluding carboxylic acids is 1. The van der Waals surface area contributed by atoms with Gasteiger partial charge in [-0.15, -0.1) is 0 Å². The molecule has 0 aliphatic carbocycles. The van der Waals surface area contributed by atoms with Crippen LogP contribution >= 0.6 is 0 Å². The van der Waals surface area contributed by atoms with Gasteiger partial charge in [0.1, 0.15) is 5.78 Å². The molecule has 14 heavy (non-hydrogen) atoms. The van der Waals surface area contributed by atoms with E-state index in [-0.39, 0.29) is 0 Å². The third-order valence-electron chi connectivity index (χ3n) is 2.56. The van der Waals surface area contributed by atoms with Crippen LogP contribution in [-0.4, -0.2) is 30.3 Å². The smallest absolute Gasteiger partial charge is 0.143 e. The molecule has 84 valence electrons. The van der Waals surface area contributed by atoms with Gasteiger partial charge < -0.3 is 0 Å². The van der Waals surface area contributed by atoms with Crippen LogP contribution in [-0.2, 0) is 4.79 Å². The quantitative estimate of drug-likeness (QED) is 0.681. The fourth-order valence-corrected chi connectivity index (χ4v) is 1.80. The lowest BCUT2D eigenvalue weighted by molar-refractivity contribution is -0.118. The highest BCUT2D eigenvalue weighted by molar-refractivity contribution is 5.77. The van der Waals surface area contributed by atoms with Crippen molar-refractivity contribution in [2.45, 2.75) is 47.0 Å². The minimum absolute atomic E-state index is 0.296. The summed E-state index contributed by atoms with van der Waals surface area (Å²) in [6, 6.07) is 0. The molecule has 0 radical (unpaired) electrons. The van der Waals surface area contributed by atoms with E-state index in [9.17, 15) is 4.79 Å². The van der Waals surface area contributed by atoms with Gasteiger partial charge in [0.05, 0.1) is 6.54 Å². The molecule has 0 saturated carbocycles. The lowest BCUT2D eigenvalue weighted by Gasteiger charge is -2.17. The molecule has 1 heterocycles. The Bertz CT molecular complexity index is 156. The Morgan fingerprint density at radius 2 is 1.93 bits per heavy atom. The number of nitrogens with zero attached hydrogens (tertiary/aromatic N) is 1. The third-order valence-corrected chi connectivity index (χ3v) is 2.56. The van der Waals surface area contributed by atoms with Gasteiger partial charge in [-0.3, -0.25) is 9.69 Å². The minimum atomic E-state index is 0.296. The minimum Gasteiger partial charge on any atom is -0.299 e. The summed E-state index contributed by atoms with van der Waals surface area (Å²) >= 11 is 0. The van der Waals surface area contributed by atoms with E-state index in [1.165, 1.54) is 19.3 Å². The van der Waals surface area contributed by atoms with Crippen molar-refractivity contribution in [3.63, 3.8) is 0 Å². The molecule has 1 aliphatic rings. The van der Waals surface area contributed by atoms with Crippen LogP contribution in [0.15, 0.2) is 0 Å². The molecule has 0 aromatic rings. The molecule has 2 nitrogen and oxygen atoms in total. The number of hydrogen-bond acceptors (Lipinski definition) is 2. The predicted octanol–water partition coefficient (Wildman–Crippen LogP) is 2.72. The van der Waals surface area contributed by atoms with Gasteiger partial charge in [-0.25, -0.2) is 0 Å². The van der Waals surface area contributed by atoms with Gasteiger partial charge in [-0.2, -0.15) is 0 Å². The van der Waals surface area contributed by atoms with Crippen molar-refractivity contribution in [1.29, 1.82) is 0 Å². The van der Waals surface area contributed by atoms with Crippen molar-refractivity contribution in [1.82, 2.24) is 4.90 Å². The summed E-state index contributed by atoms with van der Waals surface area (Å²) in [6.07, 6.45) is 3.84. The number of hydrogen-bond donors (Lipinski definition) is 0. The Hall–Kier alpha value is -0.370. The predicted molar refractivity (Wildman–Crippen MR) is 61.5 cm³/mol. The summed E-state index contributed by atoms with van der Waals surface area (Å²) in [5.74, 6) is 1.14. The molecular formula is C12H25NO. The lowest BCUT2D eigenvalue weighted by atomic mass is 10.0. The molecule has 1 rings (SSSR count). The second-order valence-electron chi connectivity index (χ2n) is 4.01. The second-order valence-corrected chi connectivity index (χ2v) is 4.01. The fraction of sp³-hybridized carbons (Fsp3) is 0.917. The van der Waals surface area contributed by atoms with E-state index in [2.05, 4.69) is 11.8 Å². The van der Waals surface area contributed by atoms with Crippen LogP contribution in [0.2, 0.25) is 0 Å². The van der Waals surface area contributed by atoms with Crippen LogP contribution in [0.3, 0.4) is 0 Å². The van der Waals surface area contributed by atoms with Crippen LogP contribution < -0.4 is 0 Å². The first kappa shape index (κ1) is 13.6. The molecule has 2 heteroatoms. The average Bonchev–Trinajstić information content (AvgIpc) is 2.34. The summed E-state index contributed by atoms with van der Waals surface area (Å²) < 4.78 is 0. The highest BCUT2D eigenvalue weighted by Gasteiger charge is 2.14. The molecule has 1 aliphatic heterocycles. The van der Waals surface area contributed by atoms with E-state index in [1.54, 1.807) is 6.92 Å². The van der Waals surface area contributed by atoms with Crippen molar-refractivity contribution in [2.75, 3.05) is 19.6 Å². The van der Waals surface area contributed by atoms with Crippen LogP contribution in [0, 0.1) is 5.92 Å². The topological polar surface area (TPSA) is 20.3 Å². The molecule has 0 N–H and O–H groups in total. The van der Waals surface area contributed by atoms with E-state index >= 15 is 0 Å². The molecule has 1 atom stereocenters. The van der Waals surface area contributed by atoms with Gasteiger partial charge in [-0.1, -0.05) is 20.8 Å². The monoisotopic (exact) mass is 199 g/mol. The molecule has 1 fully saturated rings. The largest absolute Gasteiger partial charge is 0.299 e. The molecule has 0 aromatic heterocycles. The first-order valence-electron chi connectivity index (χ1n) is 5.90. The number of likely N-dealkylation sites (tertiary alicyclic amines) is 1. The molecule has 0 spiro atoms. The summed E-state index contributed by atoms with van der Waals surface area (Å²) in [6.45, 7) is 10.9. The maximum absolute atomic E-state index is 10.9. The van der Waals surface area contributed by atoms with Gasteiger partial charge in [0.15, 0.2) is 0 Å². The molecule has 0 amide bonds. The van der Waals surface area contributed by atoms with Crippen molar-refractivity contribution < 1.29 is 4.79 Å². The Morgan fingerprint density at radius 3 is 2.50 bits per heavy atom. The van der Waals surface area contributed by atoms with Crippen molar-refractivity contribution in [3.05, 3.63) is 0 Å². The van der Waals surface area contributed by atoms with E-state index in [1.807, 2.05) is 13.8 Å². The maximum atomic E-state index is 10.9. The standard InChI is InChI=1S/C10H19NO.C2H6/c1-9-4-3-6-11(7-5-9)8-10(2)12;1-2/h9H,3-8H2,1-2H3;1-2H3. The summed E-state index contributed by atoms with van der Waals surface area (Å²) in [7, 11) is 0. The molecule has 1 unspecified atom stereocenters. The van der Waals surface area contributed by atoms with Crippen LogP contribution in [0.5, 0.6) is 0 Å². The summed E-state index contributed by atoms with van der Waals surface area (Å²) in [5.41, 5.74) is 0. The Morgan fingerprint density at radius 1 is 1.29 bits per heavy atom. The Balaban J connectivity index is 0.000000791. The maximum Gasteiger partial charge on any atom is 0.143 e. The van der Waals surface area contributed by atoms with E-state index in [4.69, 9.17) is 0 Å². The highest BCUT2D eigenvalue weighted by atomic mass is 16.1. The van der Waals surface area contributed by atoms with Crippen LogP contribution in [0.25, 0.3) is 0 Å². The summed E-state index contributed by atoms with van der Waals surface area (Å²) in [4.78, 5) is 13.1. The van der Waals surface area contributed by atoms with Gasteiger partial charge in [0.25, 0.3) is 0 Å². The zero-order valence-corrected chi connectivity index (χ0v) is 10.2. The lowest BCUT2D eigenvalue weighted by Crippen LogP contribution is -2.29. The molecule has 1 saturated heterocycles. The molecule has 0 bridgehead atoms.